The Labute approximate surface area is 90.2 Å². The quantitative estimate of drug-likeness (QED) is 0.458. The van der Waals surface area contributed by atoms with Crippen molar-refractivity contribution in [2.45, 2.75) is 27.2 Å². The summed E-state index contributed by atoms with van der Waals surface area (Å²) < 4.78 is 0. The van der Waals surface area contributed by atoms with E-state index in [1.165, 1.54) is 0 Å². The smallest absolute Gasteiger partial charge is 0.0684 e. The number of oxime groups is 1. The summed E-state index contributed by atoms with van der Waals surface area (Å²) in [4.78, 5) is 4.38. The van der Waals surface area contributed by atoms with Gasteiger partial charge < -0.3 is 5.21 Å². The third-order valence-electron chi connectivity index (χ3n) is 2.22. The number of para-hydroxylation sites is 1. The number of aliphatic imine (C=N–C) groups is 1. The van der Waals surface area contributed by atoms with Crippen LogP contribution < -0.4 is 0 Å². The largest absolute Gasteiger partial charge is 0.411 e. The molecule has 0 saturated heterocycles. The third kappa shape index (κ3) is 3.20. The molecule has 0 aliphatic heterocycles. The minimum atomic E-state index is 0.574. The maximum atomic E-state index is 8.47. The SMILES string of the molecule is CC(CC=Nc1c(C)cccc1C)=NO. The van der Waals surface area contributed by atoms with E-state index >= 15 is 0 Å². The highest BCUT2D eigenvalue weighted by Crippen LogP contribution is 2.22. The number of rotatable bonds is 3. The second-order valence-electron chi connectivity index (χ2n) is 3.59. The van der Waals surface area contributed by atoms with Crippen LogP contribution in [-0.4, -0.2) is 17.1 Å². The van der Waals surface area contributed by atoms with Gasteiger partial charge >= 0.3 is 0 Å². The highest BCUT2D eigenvalue weighted by molar-refractivity contribution is 5.94. The van der Waals surface area contributed by atoms with Crippen LogP contribution in [0.2, 0.25) is 0 Å². The Balaban J connectivity index is 2.80. The average molecular weight is 204 g/mol. The number of nitrogens with zero attached hydrogens (tertiary/aromatic N) is 2. The lowest BCUT2D eigenvalue weighted by atomic mass is 10.1. The number of benzene rings is 1. The van der Waals surface area contributed by atoms with Crippen molar-refractivity contribution < 1.29 is 5.21 Å². The van der Waals surface area contributed by atoms with Crippen LogP contribution in [-0.2, 0) is 0 Å². The molecule has 15 heavy (non-hydrogen) atoms. The first-order valence-electron chi connectivity index (χ1n) is 4.91. The summed E-state index contributed by atoms with van der Waals surface area (Å²) in [6.07, 6.45) is 2.34. The van der Waals surface area contributed by atoms with Crippen molar-refractivity contribution in [3.63, 3.8) is 0 Å². The lowest BCUT2D eigenvalue weighted by Gasteiger charge is -2.03. The Morgan fingerprint density at radius 1 is 1.33 bits per heavy atom. The highest BCUT2D eigenvalue weighted by Gasteiger charge is 1.98. The van der Waals surface area contributed by atoms with Crippen LogP contribution in [0.4, 0.5) is 5.69 Å². The van der Waals surface area contributed by atoms with Crippen molar-refractivity contribution in [3.8, 4) is 0 Å². The van der Waals surface area contributed by atoms with Crippen molar-refractivity contribution in [2.24, 2.45) is 10.1 Å². The third-order valence-corrected chi connectivity index (χ3v) is 2.22. The van der Waals surface area contributed by atoms with Crippen LogP contribution in [0.3, 0.4) is 0 Å². The minimum absolute atomic E-state index is 0.574. The zero-order valence-corrected chi connectivity index (χ0v) is 9.36. The molecular weight excluding hydrogens is 188 g/mol. The average Bonchev–Trinajstić information content (AvgIpc) is 2.22. The molecule has 0 saturated carbocycles. The van der Waals surface area contributed by atoms with Gasteiger partial charge in [-0.15, -0.1) is 0 Å². The van der Waals surface area contributed by atoms with Crippen LogP contribution in [0.25, 0.3) is 0 Å². The fraction of sp³-hybridized carbons (Fsp3) is 0.333. The zero-order valence-electron chi connectivity index (χ0n) is 9.36. The molecular formula is C12H16N2O. The van der Waals surface area contributed by atoms with Crippen LogP contribution in [0.1, 0.15) is 24.5 Å². The van der Waals surface area contributed by atoms with Gasteiger partial charge in [-0.1, -0.05) is 23.4 Å². The van der Waals surface area contributed by atoms with Gasteiger partial charge in [-0.3, -0.25) is 4.99 Å². The molecule has 80 valence electrons. The van der Waals surface area contributed by atoms with Gasteiger partial charge in [0.2, 0.25) is 0 Å². The molecule has 0 aromatic heterocycles. The molecule has 0 amide bonds. The lowest BCUT2D eigenvalue weighted by molar-refractivity contribution is 0.318. The summed E-state index contributed by atoms with van der Waals surface area (Å²) in [7, 11) is 0. The van der Waals surface area contributed by atoms with E-state index in [0.29, 0.717) is 12.1 Å². The number of hydrogen-bond acceptors (Lipinski definition) is 3. The van der Waals surface area contributed by atoms with Crippen molar-refractivity contribution >= 4 is 17.6 Å². The summed E-state index contributed by atoms with van der Waals surface area (Å²) in [5.41, 5.74) is 3.97. The van der Waals surface area contributed by atoms with Gasteiger partial charge in [-0.05, 0) is 31.9 Å². The molecule has 0 spiro atoms. The van der Waals surface area contributed by atoms with Crippen LogP contribution in [0.15, 0.2) is 28.3 Å². The van der Waals surface area contributed by atoms with Crippen molar-refractivity contribution in [1.82, 2.24) is 0 Å². The molecule has 3 nitrogen and oxygen atoms in total. The van der Waals surface area contributed by atoms with Gasteiger partial charge in [0.25, 0.3) is 0 Å². The van der Waals surface area contributed by atoms with Gasteiger partial charge in [-0.25, -0.2) is 0 Å². The summed E-state index contributed by atoms with van der Waals surface area (Å²) >= 11 is 0. The summed E-state index contributed by atoms with van der Waals surface area (Å²) in [6, 6.07) is 6.09. The van der Waals surface area contributed by atoms with E-state index in [1.807, 2.05) is 32.0 Å². The van der Waals surface area contributed by atoms with Crippen LogP contribution >= 0.6 is 0 Å². The van der Waals surface area contributed by atoms with Gasteiger partial charge in [0.15, 0.2) is 0 Å². The maximum absolute atomic E-state index is 8.47. The maximum Gasteiger partial charge on any atom is 0.0684 e. The van der Waals surface area contributed by atoms with Gasteiger partial charge in [0.05, 0.1) is 11.4 Å². The normalized spacial score (nSPS) is 12.3. The van der Waals surface area contributed by atoms with E-state index in [4.69, 9.17) is 5.21 Å². The first-order valence-corrected chi connectivity index (χ1v) is 4.91. The van der Waals surface area contributed by atoms with Gasteiger partial charge in [-0.2, -0.15) is 0 Å². The number of aryl methyl sites for hydroxylation is 2. The second kappa shape index (κ2) is 5.29. The molecule has 0 unspecified atom stereocenters. The van der Waals surface area contributed by atoms with E-state index < -0.39 is 0 Å². The van der Waals surface area contributed by atoms with E-state index in [1.54, 1.807) is 13.1 Å². The number of hydrogen-bond donors (Lipinski definition) is 1. The Morgan fingerprint density at radius 2 is 1.93 bits per heavy atom. The molecule has 0 atom stereocenters. The van der Waals surface area contributed by atoms with Crippen molar-refractivity contribution in [2.75, 3.05) is 0 Å². The minimum Gasteiger partial charge on any atom is -0.411 e. The van der Waals surface area contributed by atoms with Crippen LogP contribution in [0, 0.1) is 13.8 Å². The van der Waals surface area contributed by atoms with E-state index in [2.05, 4.69) is 10.1 Å². The molecule has 1 N–H and O–H groups in total. The van der Waals surface area contributed by atoms with Gasteiger partial charge in [0.1, 0.15) is 0 Å². The van der Waals surface area contributed by atoms with E-state index in [9.17, 15) is 0 Å². The summed E-state index contributed by atoms with van der Waals surface area (Å²) in [5, 5.41) is 11.6. The fourth-order valence-electron chi connectivity index (χ4n) is 1.32. The first kappa shape index (κ1) is 11.4. The molecule has 0 bridgehead atoms. The molecule has 0 fully saturated rings. The molecule has 0 heterocycles. The Hall–Kier alpha value is -1.64. The van der Waals surface area contributed by atoms with E-state index in [-0.39, 0.29) is 0 Å². The molecule has 0 aliphatic carbocycles. The standard InChI is InChI=1S/C12H16N2O/c1-9-5-4-6-10(2)12(9)13-8-7-11(3)14-15/h4-6,8,15H,7H2,1-3H3. The first-order chi connectivity index (χ1) is 7.15. The predicted octanol–water partition coefficient (Wildman–Crippen LogP) is 3.25. The Morgan fingerprint density at radius 3 is 2.47 bits per heavy atom. The molecule has 1 aromatic rings. The van der Waals surface area contributed by atoms with Gasteiger partial charge in [0, 0.05) is 12.6 Å². The molecule has 1 aromatic carbocycles. The topological polar surface area (TPSA) is 45.0 Å². The monoisotopic (exact) mass is 204 g/mol. The van der Waals surface area contributed by atoms with E-state index in [0.717, 1.165) is 16.8 Å². The molecule has 1 rings (SSSR count). The summed E-state index contributed by atoms with van der Waals surface area (Å²) in [5.74, 6) is 0. The molecule has 0 aliphatic rings. The molecule has 0 radical (unpaired) electrons. The van der Waals surface area contributed by atoms with Crippen molar-refractivity contribution in [3.05, 3.63) is 29.3 Å². The Bertz CT molecular complexity index is 374. The predicted molar refractivity (Wildman–Crippen MR) is 63.6 cm³/mol. The summed E-state index contributed by atoms with van der Waals surface area (Å²) in [6.45, 7) is 5.83. The lowest BCUT2D eigenvalue weighted by Crippen LogP contribution is -1.91. The Kier molecular flexibility index (Phi) is 4.03. The fourth-order valence-corrected chi connectivity index (χ4v) is 1.32. The van der Waals surface area contributed by atoms with Crippen molar-refractivity contribution in [1.29, 1.82) is 0 Å². The zero-order chi connectivity index (χ0) is 11.3. The molecule has 3 heteroatoms. The van der Waals surface area contributed by atoms with Crippen LogP contribution in [0.5, 0.6) is 0 Å². The highest BCUT2D eigenvalue weighted by atomic mass is 16.4. The second-order valence-corrected chi connectivity index (χ2v) is 3.59.